The van der Waals surface area contributed by atoms with E-state index in [2.05, 4.69) is 15.6 Å². The summed E-state index contributed by atoms with van der Waals surface area (Å²) in [5, 5.41) is 6.04. The molecule has 1 fully saturated rings. The highest BCUT2D eigenvalue weighted by atomic mass is 32.2. The van der Waals surface area contributed by atoms with Crippen LogP contribution in [0.25, 0.3) is 0 Å². The Kier molecular flexibility index (Phi) is 5.64. The average molecular weight is 297 g/mol. The molecule has 1 aromatic heterocycles. The molecule has 1 aliphatic heterocycles. The van der Waals surface area contributed by atoms with Gasteiger partial charge in [-0.15, -0.1) is 0 Å². The minimum Gasteiger partial charge on any atom is -0.369 e. The van der Waals surface area contributed by atoms with E-state index in [-0.39, 0.29) is 17.5 Å². The van der Waals surface area contributed by atoms with Crippen molar-refractivity contribution < 1.29 is 9.18 Å². The molecule has 0 bridgehead atoms. The molecular weight excluding hydrogens is 277 g/mol. The molecule has 2 N–H and O–H groups in total. The van der Waals surface area contributed by atoms with Crippen LogP contribution in [-0.2, 0) is 0 Å². The number of halogens is 1. The molecule has 1 aliphatic rings. The van der Waals surface area contributed by atoms with Crippen molar-refractivity contribution in [3.8, 4) is 0 Å². The number of carbonyl (C=O) groups excluding carboxylic acids is 1. The molecule has 1 unspecified atom stereocenters. The lowest BCUT2D eigenvalue weighted by Gasteiger charge is -2.23. The van der Waals surface area contributed by atoms with Crippen molar-refractivity contribution in [2.45, 2.75) is 32.2 Å². The van der Waals surface area contributed by atoms with Crippen molar-refractivity contribution >= 4 is 23.5 Å². The van der Waals surface area contributed by atoms with Crippen LogP contribution in [0.15, 0.2) is 12.3 Å². The van der Waals surface area contributed by atoms with Crippen LogP contribution in [0.1, 0.15) is 36.5 Å². The summed E-state index contributed by atoms with van der Waals surface area (Å²) >= 11 is 1.84. The number of hydrogen-bond acceptors (Lipinski definition) is 4. The Bertz CT molecular complexity index is 464. The van der Waals surface area contributed by atoms with Crippen molar-refractivity contribution in [2.75, 3.05) is 23.4 Å². The van der Waals surface area contributed by atoms with Crippen LogP contribution in [0.3, 0.4) is 0 Å². The molecule has 0 spiro atoms. The first-order chi connectivity index (χ1) is 9.70. The summed E-state index contributed by atoms with van der Waals surface area (Å²) in [5.41, 5.74) is 0.286. The van der Waals surface area contributed by atoms with Crippen molar-refractivity contribution in [3.05, 3.63) is 23.6 Å². The molecule has 4 nitrogen and oxygen atoms in total. The van der Waals surface area contributed by atoms with Crippen molar-refractivity contribution in [3.63, 3.8) is 0 Å². The van der Waals surface area contributed by atoms with Gasteiger partial charge >= 0.3 is 0 Å². The Hall–Kier alpha value is -1.30. The summed E-state index contributed by atoms with van der Waals surface area (Å²) in [6, 6.07) is 1.42. The van der Waals surface area contributed by atoms with E-state index in [4.69, 9.17) is 0 Å². The smallest absolute Gasteiger partial charge is 0.255 e. The number of nitrogens with one attached hydrogen (secondary N) is 2. The highest BCUT2D eigenvalue weighted by molar-refractivity contribution is 7.99. The Morgan fingerprint density at radius 1 is 1.60 bits per heavy atom. The van der Waals surface area contributed by atoms with E-state index in [1.165, 1.54) is 6.07 Å². The molecule has 2 rings (SSSR count). The van der Waals surface area contributed by atoms with Crippen LogP contribution >= 0.6 is 11.8 Å². The standard InChI is InChI=1S/C14H20FN3OS/c1-2-5-16-13-12(7-10(15)8-17-13)14(19)18-11-4-3-6-20-9-11/h7-8,11H,2-6,9H2,1H3,(H,16,17)(H,18,19). The maximum Gasteiger partial charge on any atom is 0.255 e. The summed E-state index contributed by atoms with van der Waals surface area (Å²) < 4.78 is 13.3. The van der Waals surface area contributed by atoms with Gasteiger partial charge in [0.1, 0.15) is 11.6 Å². The molecule has 20 heavy (non-hydrogen) atoms. The van der Waals surface area contributed by atoms with Gasteiger partial charge in [0, 0.05) is 18.3 Å². The van der Waals surface area contributed by atoms with Gasteiger partial charge in [0.05, 0.1) is 11.8 Å². The second kappa shape index (κ2) is 7.47. The molecular formula is C14H20FN3OS. The Morgan fingerprint density at radius 3 is 3.15 bits per heavy atom. The minimum absolute atomic E-state index is 0.170. The molecule has 0 aromatic carbocycles. The molecule has 0 aliphatic carbocycles. The van der Waals surface area contributed by atoms with Gasteiger partial charge in [0.25, 0.3) is 5.91 Å². The highest BCUT2D eigenvalue weighted by Crippen LogP contribution is 2.19. The highest BCUT2D eigenvalue weighted by Gasteiger charge is 2.20. The number of amides is 1. The summed E-state index contributed by atoms with van der Waals surface area (Å²) in [6.45, 7) is 2.73. The third-order valence-electron chi connectivity index (χ3n) is 3.14. The molecule has 1 atom stereocenters. The fourth-order valence-electron chi connectivity index (χ4n) is 2.11. The van der Waals surface area contributed by atoms with Crippen LogP contribution in [0, 0.1) is 5.82 Å². The normalized spacial score (nSPS) is 18.6. The average Bonchev–Trinajstić information content (AvgIpc) is 2.47. The maximum absolute atomic E-state index is 13.3. The van der Waals surface area contributed by atoms with Crippen LogP contribution in [0.2, 0.25) is 0 Å². The monoisotopic (exact) mass is 297 g/mol. The van der Waals surface area contributed by atoms with Gasteiger partial charge in [0.15, 0.2) is 0 Å². The molecule has 2 heterocycles. The van der Waals surface area contributed by atoms with Crippen LogP contribution in [0.5, 0.6) is 0 Å². The van der Waals surface area contributed by atoms with E-state index >= 15 is 0 Å². The summed E-state index contributed by atoms with van der Waals surface area (Å²) in [4.78, 5) is 16.3. The van der Waals surface area contributed by atoms with Crippen LogP contribution in [0.4, 0.5) is 10.2 Å². The summed E-state index contributed by atoms with van der Waals surface area (Å²) in [5.74, 6) is 1.79. The molecule has 0 saturated carbocycles. The van der Waals surface area contributed by atoms with Crippen molar-refractivity contribution in [2.24, 2.45) is 0 Å². The number of nitrogens with zero attached hydrogens (tertiary/aromatic N) is 1. The van der Waals surface area contributed by atoms with Gasteiger partial charge in [-0.2, -0.15) is 11.8 Å². The predicted molar refractivity (Wildman–Crippen MR) is 80.8 cm³/mol. The van der Waals surface area contributed by atoms with Gasteiger partial charge in [-0.3, -0.25) is 4.79 Å². The van der Waals surface area contributed by atoms with Gasteiger partial charge in [-0.25, -0.2) is 9.37 Å². The molecule has 1 aromatic rings. The predicted octanol–water partition coefficient (Wildman–Crippen LogP) is 2.67. The topological polar surface area (TPSA) is 54.0 Å². The number of pyridine rings is 1. The zero-order valence-corrected chi connectivity index (χ0v) is 12.4. The quantitative estimate of drug-likeness (QED) is 0.877. The third-order valence-corrected chi connectivity index (χ3v) is 4.35. The summed E-state index contributed by atoms with van der Waals surface area (Å²) in [6.07, 6.45) is 4.14. The first kappa shape index (κ1) is 15.1. The number of carbonyl (C=O) groups is 1. The van der Waals surface area contributed by atoms with Gasteiger partial charge < -0.3 is 10.6 Å². The van der Waals surface area contributed by atoms with Gasteiger partial charge in [0.2, 0.25) is 0 Å². The lowest BCUT2D eigenvalue weighted by Crippen LogP contribution is -2.38. The molecule has 1 saturated heterocycles. The first-order valence-electron chi connectivity index (χ1n) is 6.98. The fraction of sp³-hybridized carbons (Fsp3) is 0.571. The molecule has 6 heteroatoms. The zero-order chi connectivity index (χ0) is 14.4. The molecule has 1 amide bonds. The van der Waals surface area contributed by atoms with Gasteiger partial charge in [-0.05, 0) is 31.1 Å². The maximum atomic E-state index is 13.3. The number of anilines is 1. The number of hydrogen-bond donors (Lipinski definition) is 2. The number of aromatic nitrogens is 1. The zero-order valence-electron chi connectivity index (χ0n) is 11.6. The second-order valence-electron chi connectivity index (χ2n) is 4.86. The number of thioether (sulfide) groups is 1. The third kappa shape index (κ3) is 4.10. The SMILES string of the molecule is CCCNc1ncc(F)cc1C(=O)NC1CCCSC1. The number of rotatable bonds is 5. The van der Waals surface area contributed by atoms with Crippen molar-refractivity contribution in [1.82, 2.24) is 10.3 Å². The molecule has 0 radical (unpaired) electrons. The lowest BCUT2D eigenvalue weighted by molar-refractivity contribution is 0.0938. The van der Waals surface area contributed by atoms with E-state index in [0.717, 1.165) is 37.0 Å². The summed E-state index contributed by atoms with van der Waals surface area (Å²) in [7, 11) is 0. The Labute approximate surface area is 122 Å². The van der Waals surface area contributed by atoms with E-state index in [0.29, 0.717) is 12.4 Å². The largest absolute Gasteiger partial charge is 0.369 e. The second-order valence-corrected chi connectivity index (χ2v) is 6.01. The van der Waals surface area contributed by atoms with Crippen molar-refractivity contribution in [1.29, 1.82) is 0 Å². The van der Waals surface area contributed by atoms with E-state index < -0.39 is 5.82 Å². The Balaban J connectivity index is 2.08. The van der Waals surface area contributed by atoms with Crippen LogP contribution in [-0.4, -0.2) is 35.0 Å². The Morgan fingerprint density at radius 2 is 2.45 bits per heavy atom. The fourth-order valence-corrected chi connectivity index (χ4v) is 3.19. The minimum atomic E-state index is -0.491. The first-order valence-corrected chi connectivity index (χ1v) is 8.14. The van der Waals surface area contributed by atoms with Gasteiger partial charge in [-0.1, -0.05) is 6.92 Å². The van der Waals surface area contributed by atoms with E-state index in [1.807, 2.05) is 18.7 Å². The van der Waals surface area contributed by atoms with E-state index in [9.17, 15) is 9.18 Å². The van der Waals surface area contributed by atoms with Crippen LogP contribution < -0.4 is 10.6 Å². The lowest BCUT2D eigenvalue weighted by atomic mass is 10.1. The molecule has 110 valence electrons. The van der Waals surface area contributed by atoms with E-state index in [1.54, 1.807) is 0 Å².